The molecule has 5 aliphatic rings. The number of hydrogen-bond acceptors (Lipinski definition) is 4. The SMILES string of the molecule is Cl.Cl.OC(COCC12CC3CC(CC(C3)C1)C2)CN1CCN(c2ccc(F)cc2)CC1. The first kappa shape index (κ1) is 25.0. The summed E-state index contributed by atoms with van der Waals surface area (Å²) >= 11 is 0. The van der Waals surface area contributed by atoms with Gasteiger partial charge in [-0.3, -0.25) is 4.90 Å². The van der Waals surface area contributed by atoms with Gasteiger partial charge in [-0.25, -0.2) is 4.39 Å². The second kappa shape index (κ2) is 10.6. The Bertz CT molecular complexity index is 662. The second-order valence-electron chi connectivity index (χ2n) is 10.4. The highest BCUT2D eigenvalue weighted by Crippen LogP contribution is 2.60. The van der Waals surface area contributed by atoms with Gasteiger partial charge in [-0.1, -0.05) is 0 Å². The standard InChI is InChI=1S/C24H35FN2O2.2ClH/c25-21-1-3-22(4-2-21)27-7-5-26(6-8-27)15-23(28)16-29-17-24-12-18-9-19(13-24)11-20(10-18)14-24;;/h1-4,18-20,23,28H,5-17H2;2*1H. The molecule has 31 heavy (non-hydrogen) atoms. The third kappa shape index (κ3) is 5.86. The number of β-amino-alcohol motifs (C(OH)–C–C–N with tert-alkyl or cyclic N) is 1. The molecule has 0 aromatic heterocycles. The molecule has 0 spiro atoms. The molecule has 1 aromatic rings. The van der Waals surface area contributed by atoms with Gasteiger partial charge in [0.25, 0.3) is 0 Å². The molecule has 0 radical (unpaired) electrons. The smallest absolute Gasteiger partial charge is 0.123 e. The van der Waals surface area contributed by atoms with Gasteiger partial charge in [0.15, 0.2) is 0 Å². The largest absolute Gasteiger partial charge is 0.389 e. The molecule has 1 atom stereocenters. The average molecular weight is 475 g/mol. The Morgan fingerprint density at radius 2 is 1.48 bits per heavy atom. The number of rotatable bonds is 7. The average Bonchev–Trinajstić information content (AvgIpc) is 2.68. The van der Waals surface area contributed by atoms with Crippen molar-refractivity contribution in [3.05, 3.63) is 30.1 Å². The molecule has 6 rings (SSSR count). The molecule has 176 valence electrons. The Morgan fingerprint density at radius 3 is 2.03 bits per heavy atom. The maximum atomic E-state index is 13.1. The second-order valence-corrected chi connectivity index (χ2v) is 10.4. The number of nitrogens with zero attached hydrogens (tertiary/aromatic N) is 2. The van der Waals surface area contributed by atoms with Crippen LogP contribution in [0.25, 0.3) is 0 Å². The van der Waals surface area contributed by atoms with E-state index in [-0.39, 0.29) is 30.6 Å². The Kier molecular flexibility index (Phi) is 8.53. The van der Waals surface area contributed by atoms with Crippen molar-refractivity contribution in [1.82, 2.24) is 4.90 Å². The summed E-state index contributed by atoms with van der Waals surface area (Å²) in [6.07, 6.45) is 8.06. The van der Waals surface area contributed by atoms with Crippen molar-refractivity contribution in [2.24, 2.45) is 23.2 Å². The van der Waals surface area contributed by atoms with Crippen LogP contribution in [0.3, 0.4) is 0 Å². The van der Waals surface area contributed by atoms with Crippen molar-refractivity contribution in [2.75, 3.05) is 50.8 Å². The summed E-state index contributed by atoms with van der Waals surface area (Å²) in [5.41, 5.74) is 1.50. The topological polar surface area (TPSA) is 35.9 Å². The van der Waals surface area contributed by atoms with Crippen LogP contribution in [0.5, 0.6) is 0 Å². The number of halogens is 3. The predicted octanol–water partition coefficient (Wildman–Crippen LogP) is 4.39. The quantitative estimate of drug-likeness (QED) is 0.635. The molecule has 4 aliphatic carbocycles. The lowest BCUT2D eigenvalue weighted by atomic mass is 9.50. The lowest BCUT2D eigenvalue weighted by Gasteiger charge is -2.56. The molecule has 1 aromatic carbocycles. The van der Waals surface area contributed by atoms with E-state index in [1.165, 1.54) is 50.7 Å². The number of ether oxygens (including phenoxy) is 1. The Balaban J connectivity index is 0.00000136. The number of benzene rings is 1. The maximum absolute atomic E-state index is 13.1. The third-order valence-electron chi connectivity index (χ3n) is 7.92. The lowest BCUT2D eigenvalue weighted by molar-refractivity contribution is -0.107. The third-order valence-corrected chi connectivity index (χ3v) is 7.92. The zero-order chi connectivity index (χ0) is 19.8. The highest BCUT2D eigenvalue weighted by atomic mass is 35.5. The van der Waals surface area contributed by atoms with E-state index < -0.39 is 6.10 Å². The van der Waals surface area contributed by atoms with E-state index in [9.17, 15) is 9.50 Å². The Morgan fingerprint density at radius 1 is 0.935 bits per heavy atom. The first-order valence-electron chi connectivity index (χ1n) is 11.6. The van der Waals surface area contributed by atoms with Crippen LogP contribution in [-0.4, -0.2) is 62.0 Å². The van der Waals surface area contributed by atoms with Gasteiger partial charge < -0.3 is 14.7 Å². The van der Waals surface area contributed by atoms with Gasteiger partial charge in [-0.05, 0) is 86.0 Å². The van der Waals surface area contributed by atoms with Crippen LogP contribution >= 0.6 is 24.8 Å². The minimum Gasteiger partial charge on any atom is -0.389 e. The van der Waals surface area contributed by atoms with Crippen molar-refractivity contribution in [2.45, 2.75) is 44.6 Å². The van der Waals surface area contributed by atoms with Crippen molar-refractivity contribution in [1.29, 1.82) is 0 Å². The number of hydrogen-bond donors (Lipinski definition) is 1. The first-order valence-corrected chi connectivity index (χ1v) is 11.6. The monoisotopic (exact) mass is 474 g/mol. The van der Waals surface area contributed by atoms with Crippen LogP contribution in [0.2, 0.25) is 0 Å². The maximum Gasteiger partial charge on any atom is 0.123 e. The van der Waals surface area contributed by atoms with E-state index in [1.54, 1.807) is 0 Å². The van der Waals surface area contributed by atoms with E-state index in [2.05, 4.69) is 9.80 Å². The van der Waals surface area contributed by atoms with Crippen LogP contribution in [0.4, 0.5) is 10.1 Å². The van der Waals surface area contributed by atoms with Crippen LogP contribution in [-0.2, 0) is 4.74 Å². The molecule has 5 fully saturated rings. The number of aliphatic hydroxyl groups is 1. The van der Waals surface area contributed by atoms with E-state index in [0.717, 1.165) is 56.2 Å². The van der Waals surface area contributed by atoms with Crippen molar-refractivity contribution in [3.63, 3.8) is 0 Å². The Hall–Kier alpha value is -0.590. The normalized spacial score (nSPS) is 33.0. The molecule has 1 heterocycles. The molecular formula is C24H37Cl2FN2O2. The number of aliphatic hydroxyl groups excluding tert-OH is 1. The van der Waals surface area contributed by atoms with Gasteiger partial charge in [0.1, 0.15) is 5.82 Å². The molecule has 0 amide bonds. The first-order chi connectivity index (χ1) is 14.1. The summed E-state index contributed by atoms with van der Waals surface area (Å²) in [4.78, 5) is 4.60. The van der Waals surface area contributed by atoms with Gasteiger partial charge in [0.05, 0.1) is 19.3 Å². The molecule has 4 nitrogen and oxygen atoms in total. The summed E-state index contributed by atoms with van der Waals surface area (Å²) in [6, 6.07) is 6.73. The van der Waals surface area contributed by atoms with E-state index in [4.69, 9.17) is 4.74 Å². The fourth-order valence-corrected chi connectivity index (χ4v) is 7.07. The van der Waals surface area contributed by atoms with Gasteiger partial charge >= 0.3 is 0 Å². The summed E-state index contributed by atoms with van der Waals surface area (Å²) in [7, 11) is 0. The zero-order valence-electron chi connectivity index (χ0n) is 18.3. The fraction of sp³-hybridized carbons (Fsp3) is 0.750. The molecule has 4 saturated carbocycles. The minimum absolute atomic E-state index is 0. The fourth-order valence-electron chi connectivity index (χ4n) is 7.07. The van der Waals surface area contributed by atoms with Crippen molar-refractivity contribution in [3.8, 4) is 0 Å². The highest BCUT2D eigenvalue weighted by Gasteiger charge is 2.50. The van der Waals surface area contributed by atoms with E-state index in [1.807, 2.05) is 12.1 Å². The minimum atomic E-state index is -0.415. The molecule has 4 bridgehead atoms. The summed E-state index contributed by atoms with van der Waals surface area (Å²) in [6.45, 7) is 5.65. The van der Waals surface area contributed by atoms with Crippen molar-refractivity contribution < 1.29 is 14.2 Å². The zero-order valence-corrected chi connectivity index (χ0v) is 19.9. The molecule has 7 heteroatoms. The van der Waals surface area contributed by atoms with Gasteiger partial charge in [0, 0.05) is 38.4 Å². The molecular weight excluding hydrogens is 438 g/mol. The molecule has 1 N–H and O–H groups in total. The molecule has 1 unspecified atom stereocenters. The van der Waals surface area contributed by atoms with E-state index >= 15 is 0 Å². The Labute approximate surface area is 198 Å². The summed E-state index contributed by atoms with van der Waals surface area (Å²) < 4.78 is 19.2. The van der Waals surface area contributed by atoms with Crippen LogP contribution in [0.1, 0.15) is 38.5 Å². The van der Waals surface area contributed by atoms with Gasteiger partial charge in [0.2, 0.25) is 0 Å². The van der Waals surface area contributed by atoms with Crippen LogP contribution in [0.15, 0.2) is 24.3 Å². The lowest BCUT2D eigenvalue weighted by Crippen LogP contribution is -2.50. The van der Waals surface area contributed by atoms with Crippen molar-refractivity contribution >= 4 is 30.5 Å². The molecule has 1 saturated heterocycles. The highest BCUT2D eigenvalue weighted by molar-refractivity contribution is 5.85. The molecule has 1 aliphatic heterocycles. The van der Waals surface area contributed by atoms with Crippen LogP contribution < -0.4 is 4.90 Å². The van der Waals surface area contributed by atoms with Crippen LogP contribution in [0, 0.1) is 29.0 Å². The van der Waals surface area contributed by atoms with E-state index in [0.29, 0.717) is 18.6 Å². The van der Waals surface area contributed by atoms with Gasteiger partial charge in [-0.15, -0.1) is 24.8 Å². The van der Waals surface area contributed by atoms with Gasteiger partial charge in [-0.2, -0.15) is 0 Å². The predicted molar refractivity (Wildman–Crippen MR) is 127 cm³/mol. The number of piperazine rings is 1. The number of anilines is 1. The summed E-state index contributed by atoms with van der Waals surface area (Å²) in [5, 5.41) is 10.5. The summed E-state index contributed by atoms with van der Waals surface area (Å²) in [5.74, 6) is 2.66.